The van der Waals surface area contributed by atoms with E-state index in [4.69, 9.17) is 10.5 Å². The number of nitrogens with zero attached hydrogens (tertiary/aromatic N) is 1. The van der Waals surface area contributed by atoms with Crippen LogP contribution in [0, 0.1) is 17.8 Å². The monoisotopic (exact) mass is 232 g/mol. The van der Waals surface area contributed by atoms with E-state index in [9.17, 15) is 4.79 Å². The molecule has 1 aliphatic heterocycles. The van der Waals surface area contributed by atoms with Gasteiger partial charge >= 0.3 is 0 Å². The van der Waals surface area contributed by atoms with Crippen molar-refractivity contribution in [3.8, 4) is 5.75 Å². The van der Waals surface area contributed by atoms with Crippen molar-refractivity contribution in [1.82, 2.24) is 0 Å². The van der Waals surface area contributed by atoms with Gasteiger partial charge < -0.3 is 15.4 Å². The minimum atomic E-state index is 0.172. The topological polar surface area (TPSA) is 55.6 Å². The van der Waals surface area contributed by atoms with Crippen LogP contribution in [0.3, 0.4) is 0 Å². The van der Waals surface area contributed by atoms with Gasteiger partial charge in [0.15, 0.2) is 0 Å². The molecule has 1 aromatic carbocycles. The summed E-state index contributed by atoms with van der Waals surface area (Å²) in [5, 5.41) is 0. The van der Waals surface area contributed by atoms with Gasteiger partial charge in [-0.1, -0.05) is 6.07 Å². The lowest BCUT2D eigenvalue weighted by Crippen LogP contribution is -2.31. The number of ether oxygens (including phenoxy) is 1. The van der Waals surface area contributed by atoms with Crippen molar-refractivity contribution in [2.45, 2.75) is 0 Å². The van der Waals surface area contributed by atoms with E-state index in [0.717, 1.165) is 18.0 Å². The second kappa shape index (κ2) is 3.74. The molecule has 3 atom stereocenters. The minimum absolute atomic E-state index is 0.172. The van der Waals surface area contributed by atoms with E-state index in [1.165, 1.54) is 0 Å². The summed E-state index contributed by atoms with van der Waals surface area (Å²) in [7, 11) is 1.63. The van der Waals surface area contributed by atoms with Crippen LogP contribution >= 0.6 is 0 Å². The molecule has 4 nitrogen and oxygen atoms in total. The van der Waals surface area contributed by atoms with Crippen molar-refractivity contribution >= 4 is 11.6 Å². The zero-order valence-electron chi connectivity index (χ0n) is 9.80. The summed E-state index contributed by atoms with van der Waals surface area (Å²) in [6.45, 7) is 1.44. The van der Waals surface area contributed by atoms with Gasteiger partial charge in [0.1, 0.15) is 5.75 Å². The highest BCUT2D eigenvalue weighted by Crippen LogP contribution is 2.52. The third kappa shape index (κ3) is 1.52. The molecule has 0 spiro atoms. The van der Waals surface area contributed by atoms with Crippen molar-refractivity contribution in [2.75, 3.05) is 25.1 Å². The third-order valence-corrected chi connectivity index (χ3v) is 3.91. The molecule has 2 N–H and O–H groups in total. The fourth-order valence-electron chi connectivity index (χ4n) is 2.87. The van der Waals surface area contributed by atoms with Gasteiger partial charge in [-0.3, -0.25) is 4.79 Å². The molecule has 0 aromatic heterocycles. The van der Waals surface area contributed by atoms with Crippen LogP contribution in [0.15, 0.2) is 24.3 Å². The number of piperidine rings is 1. The normalized spacial score (nSPS) is 30.4. The van der Waals surface area contributed by atoms with E-state index in [-0.39, 0.29) is 11.8 Å². The second-order valence-corrected chi connectivity index (χ2v) is 4.74. The number of carbonyl (C=O) groups is 1. The molecule has 1 aromatic rings. The first-order valence-corrected chi connectivity index (χ1v) is 5.91. The Bertz CT molecular complexity index is 460. The fourth-order valence-corrected chi connectivity index (χ4v) is 2.87. The Labute approximate surface area is 100 Å². The number of carbonyl (C=O) groups excluding carboxylic acids is 1. The molecule has 1 saturated heterocycles. The maximum Gasteiger partial charge on any atom is 0.230 e. The first kappa shape index (κ1) is 10.6. The summed E-state index contributed by atoms with van der Waals surface area (Å²) >= 11 is 0. The van der Waals surface area contributed by atoms with Gasteiger partial charge in [0.25, 0.3) is 0 Å². The highest BCUT2D eigenvalue weighted by molar-refractivity contribution is 6.00. The average Bonchev–Trinajstić information content (AvgIpc) is 2.98. The average molecular weight is 232 g/mol. The Balaban J connectivity index is 1.81. The number of methoxy groups -OCH3 is 1. The largest absolute Gasteiger partial charge is 0.497 e. The van der Waals surface area contributed by atoms with Crippen LogP contribution in [0.5, 0.6) is 5.75 Å². The molecule has 1 heterocycles. The molecule has 1 saturated carbocycles. The van der Waals surface area contributed by atoms with Crippen LogP contribution in [-0.4, -0.2) is 26.1 Å². The number of rotatable bonds is 3. The Morgan fingerprint density at radius 3 is 2.94 bits per heavy atom. The lowest BCUT2D eigenvalue weighted by Gasteiger charge is -2.20. The van der Waals surface area contributed by atoms with Crippen molar-refractivity contribution in [3.05, 3.63) is 24.3 Å². The maximum absolute atomic E-state index is 12.1. The number of anilines is 1. The van der Waals surface area contributed by atoms with Crippen LogP contribution in [-0.2, 0) is 4.79 Å². The summed E-state index contributed by atoms with van der Waals surface area (Å²) in [5.74, 6) is 2.07. The molecule has 0 radical (unpaired) electrons. The van der Waals surface area contributed by atoms with Gasteiger partial charge in [0.05, 0.1) is 7.11 Å². The van der Waals surface area contributed by atoms with Crippen LogP contribution in [0.4, 0.5) is 5.69 Å². The molecular formula is C13H16N2O2. The van der Waals surface area contributed by atoms with E-state index in [2.05, 4.69) is 0 Å². The van der Waals surface area contributed by atoms with E-state index >= 15 is 0 Å². The Kier molecular flexibility index (Phi) is 2.33. The van der Waals surface area contributed by atoms with E-state index in [0.29, 0.717) is 18.4 Å². The summed E-state index contributed by atoms with van der Waals surface area (Å²) in [6.07, 6.45) is 0. The summed E-state index contributed by atoms with van der Waals surface area (Å²) in [5.41, 5.74) is 6.55. The van der Waals surface area contributed by atoms with Crippen LogP contribution in [0.25, 0.3) is 0 Å². The number of nitrogens with two attached hydrogens (primary N) is 1. The molecule has 3 rings (SSSR count). The first-order valence-electron chi connectivity index (χ1n) is 5.91. The first-order chi connectivity index (χ1) is 8.26. The Hall–Kier alpha value is -1.55. The van der Waals surface area contributed by atoms with E-state index in [1.807, 2.05) is 29.2 Å². The van der Waals surface area contributed by atoms with Crippen LogP contribution in [0.1, 0.15) is 0 Å². The fraction of sp³-hybridized carbons (Fsp3) is 0.462. The van der Waals surface area contributed by atoms with Gasteiger partial charge in [-0.15, -0.1) is 0 Å². The van der Waals surface area contributed by atoms with Gasteiger partial charge in [0.2, 0.25) is 5.91 Å². The summed E-state index contributed by atoms with van der Waals surface area (Å²) < 4.78 is 5.17. The molecule has 90 valence electrons. The van der Waals surface area contributed by atoms with Crippen molar-refractivity contribution in [2.24, 2.45) is 23.5 Å². The van der Waals surface area contributed by atoms with Crippen molar-refractivity contribution < 1.29 is 9.53 Å². The van der Waals surface area contributed by atoms with Crippen molar-refractivity contribution in [3.63, 3.8) is 0 Å². The maximum atomic E-state index is 12.1. The highest BCUT2D eigenvalue weighted by atomic mass is 16.5. The molecule has 17 heavy (non-hydrogen) atoms. The van der Waals surface area contributed by atoms with Crippen LogP contribution in [0.2, 0.25) is 0 Å². The minimum Gasteiger partial charge on any atom is -0.497 e. The van der Waals surface area contributed by atoms with Gasteiger partial charge in [-0.2, -0.15) is 0 Å². The summed E-state index contributed by atoms with van der Waals surface area (Å²) in [6, 6.07) is 7.64. The molecule has 3 unspecified atom stereocenters. The van der Waals surface area contributed by atoms with Gasteiger partial charge in [0, 0.05) is 24.2 Å². The smallest absolute Gasteiger partial charge is 0.230 e. The molecule has 2 fully saturated rings. The Morgan fingerprint density at radius 2 is 2.35 bits per heavy atom. The molecule has 1 amide bonds. The van der Waals surface area contributed by atoms with Crippen molar-refractivity contribution in [1.29, 1.82) is 0 Å². The lowest BCUT2D eigenvalue weighted by atomic mass is 10.2. The number of benzene rings is 1. The Morgan fingerprint density at radius 1 is 1.53 bits per heavy atom. The van der Waals surface area contributed by atoms with E-state index in [1.54, 1.807) is 7.11 Å². The predicted molar refractivity (Wildman–Crippen MR) is 64.9 cm³/mol. The molecule has 4 heteroatoms. The standard InChI is InChI=1S/C13H16N2O2/c1-17-9-4-2-3-8(5-9)15-7-11-10(6-14)12(11)13(15)16/h2-5,10-12H,6-7,14H2,1H3. The molecule has 0 bridgehead atoms. The SMILES string of the molecule is COc1cccc(N2CC3C(CN)C3C2=O)c1. The highest BCUT2D eigenvalue weighted by Gasteiger charge is 2.60. The number of hydrogen-bond donors (Lipinski definition) is 1. The zero-order chi connectivity index (χ0) is 12.0. The quantitative estimate of drug-likeness (QED) is 0.841. The number of fused-ring (bicyclic) bond motifs is 1. The second-order valence-electron chi connectivity index (χ2n) is 4.74. The zero-order valence-corrected chi connectivity index (χ0v) is 9.80. The van der Waals surface area contributed by atoms with Gasteiger partial charge in [-0.25, -0.2) is 0 Å². The van der Waals surface area contributed by atoms with E-state index < -0.39 is 0 Å². The lowest BCUT2D eigenvalue weighted by molar-refractivity contribution is -0.119. The molecular weight excluding hydrogens is 216 g/mol. The van der Waals surface area contributed by atoms with Gasteiger partial charge in [-0.05, 0) is 30.5 Å². The molecule has 1 aliphatic carbocycles. The summed E-state index contributed by atoms with van der Waals surface area (Å²) in [4.78, 5) is 14.0. The number of hydrogen-bond acceptors (Lipinski definition) is 3. The third-order valence-electron chi connectivity index (χ3n) is 3.91. The van der Waals surface area contributed by atoms with Crippen LogP contribution < -0.4 is 15.4 Å². The number of amides is 1. The molecule has 2 aliphatic rings. The predicted octanol–water partition coefficient (Wildman–Crippen LogP) is 0.863.